The van der Waals surface area contributed by atoms with Gasteiger partial charge in [-0.1, -0.05) is 65.5 Å². The highest BCUT2D eigenvalue weighted by molar-refractivity contribution is 5.27. The summed E-state index contributed by atoms with van der Waals surface area (Å²) >= 11 is 0. The van der Waals surface area contributed by atoms with Crippen LogP contribution in [0.25, 0.3) is 0 Å². The molecule has 3 nitrogen and oxygen atoms in total. The molecule has 0 radical (unpaired) electrons. The topological polar surface area (TPSA) is 55.5 Å². The molecule has 0 saturated heterocycles. The highest BCUT2D eigenvalue weighted by Gasteiger charge is 2.20. The van der Waals surface area contributed by atoms with Crippen LogP contribution in [-0.4, -0.2) is 23.9 Å². The van der Waals surface area contributed by atoms with Crippen molar-refractivity contribution in [2.24, 2.45) is 17.6 Å². The summed E-state index contributed by atoms with van der Waals surface area (Å²) < 4.78 is 5.88. The van der Waals surface area contributed by atoms with Gasteiger partial charge in [0.25, 0.3) is 0 Å². The molecule has 0 bridgehead atoms. The quantitative estimate of drug-likeness (QED) is 0.384. The Morgan fingerprint density at radius 2 is 1.67 bits per heavy atom. The Morgan fingerprint density at radius 1 is 1.00 bits per heavy atom. The smallest absolute Gasteiger partial charge is 0.119 e. The molecule has 0 heterocycles. The summed E-state index contributed by atoms with van der Waals surface area (Å²) in [6.07, 6.45) is 10.2. The minimum atomic E-state index is -0.457. The van der Waals surface area contributed by atoms with E-state index >= 15 is 0 Å². The van der Waals surface area contributed by atoms with Crippen LogP contribution in [0.2, 0.25) is 0 Å². The van der Waals surface area contributed by atoms with Gasteiger partial charge in [0.05, 0.1) is 13.2 Å². The van der Waals surface area contributed by atoms with Crippen molar-refractivity contribution in [3.8, 4) is 5.75 Å². The lowest BCUT2D eigenvalue weighted by atomic mass is 9.90. The first kappa shape index (κ1) is 24.0. The first-order valence-corrected chi connectivity index (χ1v) is 11.0. The number of aliphatic hydroxyl groups is 1. The number of hydrogen-bond donors (Lipinski definition) is 2. The van der Waals surface area contributed by atoms with E-state index in [1.807, 2.05) is 19.1 Å². The largest absolute Gasteiger partial charge is 0.494 e. The van der Waals surface area contributed by atoms with Gasteiger partial charge in [-0.05, 0) is 61.6 Å². The lowest BCUT2D eigenvalue weighted by Gasteiger charge is -2.25. The maximum atomic E-state index is 9.40. The predicted molar refractivity (Wildman–Crippen MR) is 116 cm³/mol. The minimum absolute atomic E-state index is 0.0427. The van der Waals surface area contributed by atoms with Crippen molar-refractivity contribution < 1.29 is 9.84 Å². The van der Waals surface area contributed by atoms with E-state index in [0.29, 0.717) is 0 Å². The fourth-order valence-electron chi connectivity index (χ4n) is 3.32. The van der Waals surface area contributed by atoms with Crippen LogP contribution >= 0.6 is 0 Å². The Hall–Kier alpha value is -1.06. The van der Waals surface area contributed by atoms with E-state index in [2.05, 4.69) is 32.9 Å². The van der Waals surface area contributed by atoms with Gasteiger partial charge in [-0.25, -0.2) is 0 Å². The molecule has 0 aliphatic carbocycles. The van der Waals surface area contributed by atoms with Crippen LogP contribution in [-0.2, 0) is 6.42 Å². The second-order valence-corrected chi connectivity index (χ2v) is 8.79. The van der Waals surface area contributed by atoms with E-state index in [9.17, 15) is 5.11 Å². The van der Waals surface area contributed by atoms with Crippen LogP contribution in [0.4, 0.5) is 0 Å². The van der Waals surface area contributed by atoms with Crippen molar-refractivity contribution >= 4 is 0 Å². The second kappa shape index (κ2) is 13.2. The second-order valence-electron chi connectivity index (χ2n) is 8.79. The number of unbranched alkanes of at least 4 members (excludes halogenated alkanes) is 1. The van der Waals surface area contributed by atoms with Crippen molar-refractivity contribution in [1.82, 2.24) is 0 Å². The lowest BCUT2D eigenvalue weighted by Crippen LogP contribution is -2.43. The molecule has 1 aromatic rings. The fourth-order valence-corrected chi connectivity index (χ4v) is 3.32. The minimum Gasteiger partial charge on any atom is -0.494 e. The van der Waals surface area contributed by atoms with E-state index < -0.39 is 5.54 Å². The van der Waals surface area contributed by atoms with Gasteiger partial charge in [-0.3, -0.25) is 0 Å². The first-order valence-electron chi connectivity index (χ1n) is 11.0. The molecule has 27 heavy (non-hydrogen) atoms. The maximum Gasteiger partial charge on any atom is 0.119 e. The van der Waals surface area contributed by atoms with Crippen molar-refractivity contribution in [3.63, 3.8) is 0 Å². The van der Waals surface area contributed by atoms with Crippen molar-refractivity contribution in [3.05, 3.63) is 29.8 Å². The molecule has 2 atom stereocenters. The zero-order valence-corrected chi connectivity index (χ0v) is 18.2. The van der Waals surface area contributed by atoms with Gasteiger partial charge < -0.3 is 15.6 Å². The summed E-state index contributed by atoms with van der Waals surface area (Å²) in [6.45, 7) is 9.86. The van der Waals surface area contributed by atoms with E-state index in [4.69, 9.17) is 10.5 Å². The van der Waals surface area contributed by atoms with E-state index in [-0.39, 0.29) is 6.61 Å². The molecule has 0 saturated carbocycles. The third-order valence-corrected chi connectivity index (χ3v) is 5.69. The molecule has 1 rings (SSSR count). The van der Waals surface area contributed by atoms with Crippen molar-refractivity contribution in [2.45, 2.75) is 91.0 Å². The monoisotopic (exact) mass is 377 g/mol. The molecule has 0 amide bonds. The summed E-state index contributed by atoms with van der Waals surface area (Å²) in [5.41, 5.74) is 6.94. The first-order chi connectivity index (χ1) is 12.9. The molecule has 0 fully saturated rings. The molecule has 2 unspecified atom stereocenters. The number of ether oxygens (including phenoxy) is 1. The average Bonchev–Trinajstić information content (AvgIpc) is 2.66. The van der Waals surface area contributed by atoms with Gasteiger partial charge in [-0.2, -0.15) is 0 Å². The molecule has 0 aromatic heterocycles. The molecule has 1 aromatic carbocycles. The molecular weight excluding hydrogens is 334 g/mol. The van der Waals surface area contributed by atoms with Crippen LogP contribution in [0.5, 0.6) is 5.75 Å². The van der Waals surface area contributed by atoms with E-state index in [1.54, 1.807) is 0 Å². The number of aliphatic hydroxyl groups excluding tert-OH is 1. The summed E-state index contributed by atoms with van der Waals surface area (Å²) in [5.74, 6) is 2.61. The predicted octanol–water partition coefficient (Wildman–Crippen LogP) is 5.73. The van der Waals surface area contributed by atoms with E-state index in [1.165, 1.54) is 37.7 Å². The number of rotatable bonds is 15. The normalized spacial score (nSPS) is 14.9. The molecule has 0 aliphatic heterocycles. The van der Waals surface area contributed by atoms with Gasteiger partial charge in [0.15, 0.2) is 0 Å². The Kier molecular flexibility index (Phi) is 11.7. The Bertz CT molecular complexity index is 480. The van der Waals surface area contributed by atoms with E-state index in [0.717, 1.165) is 49.9 Å². The van der Waals surface area contributed by atoms with Crippen LogP contribution in [0.3, 0.4) is 0 Å². The summed E-state index contributed by atoms with van der Waals surface area (Å²) in [7, 11) is 0. The molecule has 0 spiro atoms. The Labute approximate surface area is 167 Å². The Balaban J connectivity index is 2.17. The molecule has 0 aliphatic rings. The zero-order valence-electron chi connectivity index (χ0n) is 18.2. The highest BCUT2D eigenvalue weighted by atomic mass is 16.5. The molecule has 156 valence electrons. The van der Waals surface area contributed by atoms with Gasteiger partial charge in [0, 0.05) is 5.54 Å². The van der Waals surface area contributed by atoms with Crippen LogP contribution in [0, 0.1) is 11.8 Å². The van der Waals surface area contributed by atoms with Crippen LogP contribution in [0.1, 0.15) is 84.6 Å². The molecular formula is C24H43NO2. The third-order valence-electron chi connectivity index (χ3n) is 5.69. The fraction of sp³-hybridized carbons (Fsp3) is 0.750. The van der Waals surface area contributed by atoms with Gasteiger partial charge in [-0.15, -0.1) is 0 Å². The molecule has 3 N–H and O–H groups in total. The van der Waals surface area contributed by atoms with Crippen molar-refractivity contribution in [1.29, 1.82) is 0 Å². The molecule has 3 heteroatoms. The average molecular weight is 378 g/mol. The lowest BCUT2D eigenvalue weighted by molar-refractivity contribution is 0.183. The SMILES string of the molecule is CCC(N)(CO)CCc1ccc(OCCCCC(C)CCCC(C)C)cc1. The number of benzene rings is 1. The van der Waals surface area contributed by atoms with Gasteiger partial charge >= 0.3 is 0 Å². The zero-order chi connectivity index (χ0) is 20.1. The van der Waals surface area contributed by atoms with Gasteiger partial charge in [0.2, 0.25) is 0 Å². The standard InChI is InChI=1S/C24H43NO2/c1-5-24(25,19-26)17-16-22-12-14-23(15-13-22)27-18-7-6-10-21(4)11-8-9-20(2)3/h12-15,20-21,26H,5-11,16-19,25H2,1-4H3. The number of hydrogen-bond acceptors (Lipinski definition) is 3. The number of nitrogens with two attached hydrogens (primary N) is 1. The van der Waals surface area contributed by atoms with Crippen LogP contribution < -0.4 is 10.5 Å². The summed E-state index contributed by atoms with van der Waals surface area (Å²) in [4.78, 5) is 0. The highest BCUT2D eigenvalue weighted by Crippen LogP contribution is 2.20. The summed E-state index contributed by atoms with van der Waals surface area (Å²) in [6, 6.07) is 8.32. The summed E-state index contributed by atoms with van der Waals surface area (Å²) in [5, 5.41) is 9.40. The maximum absolute atomic E-state index is 9.40. The Morgan fingerprint density at radius 3 is 2.26 bits per heavy atom. The van der Waals surface area contributed by atoms with Gasteiger partial charge in [0.1, 0.15) is 5.75 Å². The van der Waals surface area contributed by atoms with Crippen LogP contribution in [0.15, 0.2) is 24.3 Å². The third kappa shape index (κ3) is 10.8. The van der Waals surface area contributed by atoms with Crippen molar-refractivity contribution in [2.75, 3.05) is 13.2 Å². The number of aryl methyl sites for hydroxylation is 1.